The van der Waals surface area contributed by atoms with Crippen LogP contribution in [0.25, 0.3) is 0 Å². The highest BCUT2D eigenvalue weighted by Gasteiger charge is 2.41. The fourth-order valence-corrected chi connectivity index (χ4v) is 4.08. The Hall–Kier alpha value is -3.32. The maximum absolute atomic E-state index is 13.3. The molecule has 0 radical (unpaired) electrons. The number of hydrogen-bond donors (Lipinski definition) is 1. The van der Waals surface area contributed by atoms with E-state index >= 15 is 0 Å². The number of benzene rings is 2. The molecule has 31 heavy (non-hydrogen) atoms. The van der Waals surface area contributed by atoms with Gasteiger partial charge in [0.25, 0.3) is 0 Å². The van der Waals surface area contributed by atoms with Gasteiger partial charge in [0, 0.05) is 50.6 Å². The number of aromatic nitrogens is 2. The van der Waals surface area contributed by atoms with Crippen LogP contribution in [0.5, 0.6) is 0 Å². The summed E-state index contributed by atoms with van der Waals surface area (Å²) in [6, 6.07) is 15.5. The molecule has 2 aromatic carbocycles. The zero-order valence-corrected chi connectivity index (χ0v) is 17.4. The predicted octanol–water partition coefficient (Wildman–Crippen LogP) is 2.81. The Morgan fingerprint density at radius 1 is 1.06 bits per heavy atom. The van der Waals surface area contributed by atoms with Gasteiger partial charge in [-0.1, -0.05) is 30.3 Å². The van der Waals surface area contributed by atoms with Crippen LogP contribution in [0.15, 0.2) is 67.0 Å². The zero-order chi connectivity index (χ0) is 21.8. The van der Waals surface area contributed by atoms with Gasteiger partial charge in [0.05, 0.1) is 12.5 Å². The van der Waals surface area contributed by atoms with Gasteiger partial charge in [-0.25, -0.2) is 9.37 Å². The Kier molecular flexibility index (Phi) is 6.23. The lowest BCUT2D eigenvalue weighted by Gasteiger charge is -2.17. The quantitative estimate of drug-likeness (QED) is 0.597. The molecule has 0 spiro atoms. The summed E-state index contributed by atoms with van der Waals surface area (Å²) in [6.45, 7) is 1.93. The first-order valence-electron chi connectivity index (χ1n) is 10.3. The smallest absolute Gasteiger partial charge is 0.225 e. The van der Waals surface area contributed by atoms with Crippen molar-refractivity contribution in [3.05, 3.63) is 89.8 Å². The molecule has 0 aliphatic carbocycles. The molecule has 160 valence electrons. The lowest BCUT2D eigenvalue weighted by molar-refractivity contribution is -0.125. The van der Waals surface area contributed by atoms with E-state index in [1.807, 2.05) is 48.1 Å². The summed E-state index contributed by atoms with van der Waals surface area (Å²) in [6.07, 6.45) is 3.50. The number of nitrogens with zero attached hydrogens (tertiary/aromatic N) is 3. The number of halogens is 1. The highest BCUT2D eigenvalue weighted by Crippen LogP contribution is 2.29. The molecule has 3 aromatic rings. The SMILES string of the molecule is Cn1ccnc1CNC(=O)[C@@H]1CN(Cc2ccccc2)C[C@H]1C(=O)c1ccc(F)cc1. The van der Waals surface area contributed by atoms with E-state index in [0.717, 1.165) is 11.4 Å². The van der Waals surface area contributed by atoms with E-state index in [9.17, 15) is 14.0 Å². The molecule has 0 bridgehead atoms. The average Bonchev–Trinajstić information content (AvgIpc) is 3.39. The third-order valence-electron chi connectivity index (χ3n) is 5.79. The van der Waals surface area contributed by atoms with Crippen LogP contribution in [0.4, 0.5) is 4.39 Å². The van der Waals surface area contributed by atoms with E-state index in [-0.39, 0.29) is 11.7 Å². The molecule has 1 N–H and O–H groups in total. The first-order chi connectivity index (χ1) is 15.0. The van der Waals surface area contributed by atoms with Gasteiger partial charge in [0.15, 0.2) is 5.78 Å². The molecule has 4 rings (SSSR count). The van der Waals surface area contributed by atoms with E-state index < -0.39 is 17.7 Å². The van der Waals surface area contributed by atoms with Gasteiger partial charge in [-0.2, -0.15) is 0 Å². The number of carbonyl (C=O) groups excluding carboxylic acids is 2. The lowest BCUT2D eigenvalue weighted by atomic mass is 9.88. The normalized spacial score (nSPS) is 18.8. The first-order valence-corrected chi connectivity index (χ1v) is 10.3. The number of aryl methyl sites for hydroxylation is 1. The summed E-state index contributed by atoms with van der Waals surface area (Å²) < 4.78 is 15.2. The Balaban J connectivity index is 1.51. The van der Waals surface area contributed by atoms with Gasteiger partial charge in [0.2, 0.25) is 5.91 Å². The van der Waals surface area contributed by atoms with Gasteiger partial charge >= 0.3 is 0 Å². The van der Waals surface area contributed by atoms with Gasteiger partial charge in [-0.05, 0) is 29.8 Å². The number of imidazole rings is 1. The highest BCUT2D eigenvalue weighted by molar-refractivity contribution is 6.01. The monoisotopic (exact) mass is 420 g/mol. The summed E-state index contributed by atoms with van der Waals surface area (Å²) in [7, 11) is 1.87. The van der Waals surface area contributed by atoms with Crippen molar-refractivity contribution in [1.82, 2.24) is 19.8 Å². The van der Waals surface area contributed by atoms with Crippen LogP contribution in [0.1, 0.15) is 21.7 Å². The Labute approximate surface area is 180 Å². The van der Waals surface area contributed by atoms with Crippen molar-refractivity contribution in [2.45, 2.75) is 13.1 Å². The second kappa shape index (κ2) is 9.22. The van der Waals surface area contributed by atoms with Crippen molar-refractivity contribution in [3.63, 3.8) is 0 Å². The van der Waals surface area contributed by atoms with E-state index in [2.05, 4.69) is 15.2 Å². The van der Waals surface area contributed by atoms with Crippen LogP contribution in [0, 0.1) is 17.7 Å². The number of nitrogens with one attached hydrogen (secondary N) is 1. The number of Topliss-reactive ketones (excluding diaryl/α,β-unsaturated/α-hetero) is 1. The van der Waals surface area contributed by atoms with Crippen LogP contribution in [-0.2, 0) is 24.9 Å². The molecule has 6 nitrogen and oxygen atoms in total. The van der Waals surface area contributed by atoms with E-state index in [0.29, 0.717) is 31.7 Å². The molecule has 2 heterocycles. The molecule has 1 aromatic heterocycles. The third kappa shape index (κ3) is 4.88. The molecule has 2 atom stereocenters. The number of hydrogen-bond acceptors (Lipinski definition) is 4. The minimum absolute atomic E-state index is 0.132. The van der Waals surface area contributed by atoms with Crippen LogP contribution in [0.3, 0.4) is 0 Å². The average molecular weight is 420 g/mol. The second-order valence-electron chi connectivity index (χ2n) is 7.94. The molecule has 1 saturated heterocycles. The Morgan fingerprint density at radius 3 is 2.45 bits per heavy atom. The van der Waals surface area contributed by atoms with E-state index in [4.69, 9.17) is 0 Å². The summed E-state index contributed by atoms with van der Waals surface area (Å²) in [5.41, 5.74) is 1.56. The fraction of sp³-hybridized carbons (Fsp3) is 0.292. The van der Waals surface area contributed by atoms with Gasteiger partial charge in [-0.3, -0.25) is 14.5 Å². The van der Waals surface area contributed by atoms with Gasteiger partial charge < -0.3 is 9.88 Å². The van der Waals surface area contributed by atoms with E-state index in [1.54, 1.807) is 6.20 Å². The molecular formula is C24H25FN4O2. The molecule has 1 aliphatic rings. The standard InChI is InChI=1S/C24H25FN4O2/c1-28-12-11-26-22(28)13-27-24(31)21-16-29(14-17-5-3-2-4-6-17)15-20(21)23(30)18-7-9-19(25)10-8-18/h2-12,20-21H,13-16H2,1H3,(H,27,31)/t20-,21-/m1/s1. The summed E-state index contributed by atoms with van der Waals surface area (Å²) in [5, 5.41) is 2.94. The lowest BCUT2D eigenvalue weighted by Crippen LogP contribution is -2.37. The molecule has 0 unspecified atom stereocenters. The second-order valence-corrected chi connectivity index (χ2v) is 7.94. The first kappa shape index (κ1) is 20.9. The maximum atomic E-state index is 13.3. The minimum atomic E-state index is -0.490. The van der Waals surface area contributed by atoms with Gasteiger partial charge in [0.1, 0.15) is 11.6 Å². The summed E-state index contributed by atoms with van der Waals surface area (Å²) >= 11 is 0. The molecular weight excluding hydrogens is 395 g/mol. The van der Waals surface area contributed by atoms with Crippen molar-refractivity contribution in [3.8, 4) is 0 Å². The zero-order valence-electron chi connectivity index (χ0n) is 17.4. The molecule has 0 saturated carbocycles. The van der Waals surface area contributed by atoms with Crippen molar-refractivity contribution in [1.29, 1.82) is 0 Å². The molecule has 7 heteroatoms. The molecule has 1 aliphatic heterocycles. The topological polar surface area (TPSA) is 67.2 Å². The summed E-state index contributed by atoms with van der Waals surface area (Å²) in [4.78, 5) is 32.6. The van der Waals surface area contributed by atoms with Gasteiger partial charge in [-0.15, -0.1) is 0 Å². The maximum Gasteiger partial charge on any atom is 0.225 e. The number of ketones is 1. The third-order valence-corrected chi connectivity index (χ3v) is 5.79. The van der Waals surface area contributed by atoms with Crippen molar-refractivity contribution < 1.29 is 14.0 Å². The van der Waals surface area contributed by atoms with Crippen LogP contribution in [-0.4, -0.2) is 39.2 Å². The Bertz CT molecular complexity index is 1050. The van der Waals surface area contributed by atoms with Crippen molar-refractivity contribution in [2.75, 3.05) is 13.1 Å². The summed E-state index contributed by atoms with van der Waals surface area (Å²) in [5.74, 6) is -0.921. The molecule has 1 fully saturated rings. The van der Waals surface area contributed by atoms with Crippen LogP contribution >= 0.6 is 0 Å². The minimum Gasteiger partial charge on any atom is -0.349 e. The number of carbonyl (C=O) groups is 2. The van der Waals surface area contributed by atoms with Crippen molar-refractivity contribution >= 4 is 11.7 Å². The Morgan fingerprint density at radius 2 is 1.77 bits per heavy atom. The number of likely N-dealkylation sites (tertiary alicyclic amines) is 1. The highest BCUT2D eigenvalue weighted by atomic mass is 19.1. The van der Waals surface area contributed by atoms with Crippen LogP contribution < -0.4 is 5.32 Å². The largest absolute Gasteiger partial charge is 0.349 e. The predicted molar refractivity (Wildman–Crippen MR) is 114 cm³/mol. The number of rotatable bonds is 7. The van der Waals surface area contributed by atoms with Crippen molar-refractivity contribution in [2.24, 2.45) is 18.9 Å². The van der Waals surface area contributed by atoms with Crippen LogP contribution in [0.2, 0.25) is 0 Å². The van der Waals surface area contributed by atoms with E-state index in [1.165, 1.54) is 24.3 Å². The molecule has 1 amide bonds. The number of amides is 1. The fourth-order valence-electron chi connectivity index (χ4n) is 4.08.